The summed E-state index contributed by atoms with van der Waals surface area (Å²) in [5.74, 6) is 0.629. The first-order valence-electron chi connectivity index (χ1n) is 3.82. The second-order valence-corrected chi connectivity index (χ2v) is 2.85. The number of aliphatic imine (C=N–C) groups is 2. The molecule has 0 aromatic heterocycles. The Hall–Kier alpha value is -1.35. The number of rotatable bonds is 1. The third-order valence-electron chi connectivity index (χ3n) is 1.61. The molecule has 4 heteroatoms. The zero-order valence-electron chi connectivity index (χ0n) is 6.74. The Balaban J connectivity index is 2.32. The lowest BCUT2D eigenvalue weighted by Gasteiger charge is -2.09. The van der Waals surface area contributed by atoms with Gasteiger partial charge in [-0.25, -0.2) is 9.98 Å². The summed E-state index contributed by atoms with van der Waals surface area (Å²) < 4.78 is 0. The highest BCUT2D eigenvalue weighted by Crippen LogP contribution is 2.11. The van der Waals surface area contributed by atoms with Crippen LogP contribution in [0.3, 0.4) is 0 Å². The molecular weight excluding hydrogens is 186 g/mol. The summed E-state index contributed by atoms with van der Waals surface area (Å²) in [4.78, 5) is 8.10. The number of nitrogens with zero attached hydrogens (tertiary/aromatic N) is 2. The van der Waals surface area contributed by atoms with Crippen molar-refractivity contribution >= 4 is 23.8 Å². The third-order valence-corrected chi connectivity index (χ3v) is 1.80. The molecule has 0 bridgehead atoms. The molecule has 1 radical (unpaired) electrons. The normalized spacial score (nSPS) is 16.5. The van der Waals surface area contributed by atoms with E-state index in [9.17, 15) is 0 Å². The average molecular weight is 193 g/mol. The standard InChI is InChI=1S/C9H7ClN3/c10-9-12-6-11-8(13-9)7-4-2-1-3-5-7/h1-6H,(H,11,12,13). The number of hydrogen-bond acceptors (Lipinski definition) is 3. The van der Waals surface area contributed by atoms with Gasteiger partial charge in [0, 0.05) is 5.56 Å². The van der Waals surface area contributed by atoms with Gasteiger partial charge in [0.05, 0.1) is 6.34 Å². The minimum atomic E-state index is 0.342. The van der Waals surface area contributed by atoms with Crippen molar-refractivity contribution < 1.29 is 0 Å². The second-order valence-electron chi connectivity index (χ2n) is 2.49. The Morgan fingerprint density at radius 2 is 1.92 bits per heavy atom. The van der Waals surface area contributed by atoms with Gasteiger partial charge in [-0.1, -0.05) is 41.9 Å². The van der Waals surface area contributed by atoms with Gasteiger partial charge in [0.2, 0.25) is 0 Å². The van der Waals surface area contributed by atoms with Crippen molar-refractivity contribution in [3.05, 3.63) is 41.5 Å². The van der Waals surface area contributed by atoms with E-state index in [4.69, 9.17) is 11.6 Å². The largest absolute Gasteiger partial charge is 0.335 e. The molecule has 1 aliphatic rings. The molecule has 1 N–H and O–H groups in total. The fourth-order valence-electron chi connectivity index (χ4n) is 1.03. The lowest BCUT2D eigenvalue weighted by atomic mass is 10.2. The highest BCUT2D eigenvalue weighted by molar-refractivity contribution is 6.28. The van der Waals surface area contributed by atoms with Gasteiger partial charge in [-0.05, 0) is 0 Å². The zero-order chi connectivity index (χ0) is 9.10. The smallest absolute Gasteiger partial charge is 0.268 e. The Morgan fingerprint density at radius 1 is 1.15 bits per heavy atom. The monoisotopic (exact) mass is 192 g/mol. The van der Waals surface area contributed by atoms with Crippen molar-refractivity contribution in [1.82, 2.24) is 5.32 Å². The van der Waals surface area contributed by atoms with Gasteiger partial charge in [0.1, 0.15) is 0 Å². The van der Waals surface area contributed by atoms with E-state index in [-0.39, 0.29) is 0 Å². The molecule has 0 aliphatic carbocycles. The van der Waals surface area contributed by atoms with E-state index in [0.29, 0.717) is 11.5 Å². The summed E-state index contributed by atoms with van der Waals surface area (Å²) >= 11 is 5.69. The highest BCUT2D eigenvalue weighted by atomic mass is 35.5. The summed E-state index contributed by atoms with van der Waals surface area (Å²) in [6.45, 7) is 0. The molecule has 0 fully saturated rings. The van der Waals surface area contributed by atoms with Crippen LogP contribution in [0.4, 0.5) is 0 Å². The van der Waals surface area contributed by atoms with Crippen molar-refractivity contribution in [2.24, 2.45) is 9.98 Å². The predicted molar refractivity (Wildman–Crippen MR) is 53.7 cm³/mol. The first-order valence-corrected chi connectivity index (χ1v) is 4.20. The van der Waals surface area contributed by atoms with Crippen LogP contribution in [-0.4, -0.2) is 12.2 Å². The molecule has 0 amide bonds. The van der Waals surface area contributed by atoms with Crippen molar-refractivity contribution in [3.8, 4) is 0 Å². The molecule has 1 aromatic rings. The van der Waals surface area contributed by atoms with Gasteiger partial charge in [-0.3, -0.25) is 0 Å². The Morgan fingerprint density at radius 3 is 2.62 bits per heavy atom. The molecule has 13 heavy (non-hydrogen) atoms. The molecule has 65 valence electrons. The Labute approximate surface area is 81.2 Å². The summed E-state index contributed by atoms with van der Waals surface area (Å²) in [6.07, 6.45) is 1.53. The van der Waals surface area contributed by atoms with Gasteiger partial charge in [-0.2, -0.15) is 0 Å². The van der Waals surface area contributed by atoms with E-state index in [1.165, 1.54) is 6.34 Å². The van der Waals surface area contributed by atoms with Crippen LogP contribution in [0.5, 0.6) is 0 Å². The van der Waals surface area contributed by atoms with Crippen LogP contribution in [0.15, 0.2) is 40.3 Å². The maximum atomic E-state index is 5.69. The van der Waals surface area contributed by atoms with Crippen LogP contribution in [0.25, 0.3) is 0 Å². The topological polar surface area (TPSA) is 36.8 Å². The third kappa shape index (κ3) is 1.87. The lowest BCUT2D eigenvalue weighted by molar-refractivity contribution is 1.01. The average Bonchev–Trinajstić information content (AvgIpc) is 2.19. The predicted octanol–water partition coefficient (Wildman–Crippen LogP) is 1.75. The van der Waals surface area contributed by atoms with Crippen LogP contribution in [0.1, 0.15) is 5.56 Å². The molecule has 1 aliphatic heterocycles. The molecule has 3 nitrogen and oxygen atoms in total. The van der Waals surface area contributed by atoms with Gasteiger partial charge in [0.15, 0.2) is 5.84 Å². The minimum Gasteiger partial charge on any atom is -0.335 e. The lowest BCUT2D eigenvalue weighted by Crippen LogP contribution is -2.20. The summed E-state index contributed by atoms with van der Waals surface area (Å²) in [7, 11) is 0. The summed E-state index contributed by atoms with van der Waals surface area (Å²) in [6, 6.07) is 9.68. The number of nitrogens with one attached hydrogen (secondary N) is 1. The van der Waals surface area contributed by atoms with E-state index >= 15 is 0 Å². The first kappa shape index (κ1) is 8.26. The van der Waals surface area contributed by atoms with Crippen LogP contribution in [0, 0.1) is 5.62 Å². The molecule has 2 rings (SSSR count). The molecular formula is C9H7ClN3. The molecule has 0 saturated carbocycles. The number of halogens is 1. The van der Waals surface area contributed by atoms with E-state index in [2.05, 4.69) is 15.3 Å². The van der Waals surface area contributed by atoms with Gasteiger partial charge in [-0.15, -0.1) is 0 Å². The van der Waals surface area contributed by atoms with E-state index < -0.39 is 0 Å². The van der Waals surface area contributed by atoms with E-state index in [0.717, 1.165) is 5.56 Å². The highest BCUT2D eigenvalue weighted by Gasteiger charge is 2.09. The molecule has 0 saturated heterocycles. The van der Waals surface area contributed by atoms with Crippen molar-refractivity contribution in [2.45, 2.75) is 0 Å². The van der Waals surface area contributed by atoms with Gasteiger partial charge >= 0.3 is 0 Å². The molecule has 0 spiro atoms. The number of hydrogen-bond donors (Lipinski definition) is 1. The summed E-state index contributed by atoms with van der Waals surface area (Å²) in [5.41, 5.74) is 1.30. The van der Waals surface area contributed by atoms with Gasteiger partial charge in [0.25, 0.3) is 5.62 Å². The summed E-state index contributed by atoms with van der Waals surface area (Å²) in [5, 5.41) is 2.68. The van der Waals surface area contributed by atoms with Crippen LogP contribution < -0.4 is 5.32 Å². The number of benzene rings is 1. The van der Waals surface area contributed by atoms with Crippen molar-refractivity contribution in [2.75, 3.05) is 0 Å². The Kier molecular flexibility index (Phi) is 2.27. The van der Waals surface area contributed by atoms with Crippen molar-refractivity contribution in [1.29, 1.82) is 0 Å². The first-order chi connectivity index (χ1) is 6.36. The van der Waals surface area contributed by atoms with Crippen LogP contribution in [0.2, 0.25) is 0 Å². The molecule has 0 unspecified atom stereocenters. The maximum absolute atomic E-state index is 5.69. The zero-order valence-corrected chi connectivity index (χ0v) is 7.49. The molecule has 1 aromatic carbocycles. The van der Waals surface area contributed by atoms with Gasteiger partial charge < -0.3 is 5.32 Å². The van der Waals surface area contributed by atoms with Crippen molar-refractivity contribution in [3.63, 3.8) is 0 Å². The second kappa shape index (κ2) is 3.58. The van der Waals surface area contributed by atoms with Crippen LogP contribution >= 0.6 is 11.6 Å². The number of amidine groups is 1. The fraction of sp³-hybridized carbons (Fsp3) is 0. The fourth-order valence-corrected chi connectivity index (χ4v) is 1.16. The molecule has 0 atom stereocenters. The SMILES string of the molecule is Cl[C]1N=C(c2ccccc2)N=CN1. The van der Waals surface area contributed by atoms with Crippen LogP contribution in [-0.2, 0) is 0 Å². The van der Waals surface area contributed by atoms with E-state index in [1.54, 1.807) is 0 Å². The Bertz CT molecular complexity index is 345. The quantitative estimate of drug-likeness (QED) is 0.677. The maximum Gasteiger partial charge on any atom is 0.268 e. The van der Waals surface area contributed by atoms with E-state index in [1.807, 2.05) is 30.3 Å². The molecule has 1 heterocycles. The minimum absolute atomic E-state index is 0.342.